The van der Waals surface area contributed by atoms with E-state index in [1.807, 2.05) is 4.90 Å². The smallest absolute Gasteiger partial charge is 0.265 e. The van der Waals surface area contributed by atoms with E-state index in [9.17, 15) is 4.79 Å². The van der Waals surface area contributed by atoms with Crippen LogP contribution in [0.1, 0.15) is 55.1 Å². The Morgan fingerprint density at radius 3 is 2.79 bits per heavy atom. The molecule has 1 atom stereocenters. The largest absolute Gasteiger partial charge is 0.371 e. The fourth-order valence-corrected chi connectivity index (χ4v) is 5.32. The Hall–Kier alpha value is -2.41. The zero-order chi connectivity index (χ0) is 19.8. The minimum Gasteiger partial charge on any atom is -0.371 e. The molecular formula is C22H26N4O2S. The summed E-state index contributed by atoms with van der Waals surface area (Å²) in [6, 6.07) is 6.58. The van der Waals surface area contributed by atoms with E-state index in [0.717, 1.165) is 54.1 Å². The Kier molecular flexibility index (Phi) is 4.99. The van der Waals surface area contributed by atoms with Gasteiger partial charge in [0, 0.05) is 37.4 Å². The maximum absolute atomic E-state index is 12.9. The summed E-state index contributed by atoms with van der Waals surface area (Å²) >= 11 is 1.41. The van der Waals surface area contributed by atoms with Crippen molar-refractivity contribution in [1.82, 2.24) is 15.0 Å². The molecule has 2 aromatic heterocycles. The highest BCUT2D eigenvalue weighted by molar-refractivity contribution is 7.17. The van der Waals surface area contributed by atoms with E-state index in [-0.39, 0.29) is 5.91 Å². The van der Waals surface area contributed by atoms with Crippen molar-refractivity contribution in [3.8, 4) is 10.7 Å². The van der Waals surface area contributed by atoms with E-state index in [2.05, 4.69) is 40.2 Å². The van der Waals surface area contributed by atoms with Crippen molar-refractivity contribution in [3.05, 3.63) is 29.3 Å². The normalized spacial score (nSPS) is 20.4. The summed E-state index contributed by atoms with van der Waals surface area (Å²) in [5, 5.41) is 5.97. The molecule has 2 aliphatic rings. The lowest BCUT2D eigenvalue weighted by Crippen LogP contribution is -2.41. The average Bonchev–Trinajstić information content (AvgIpc) is 3.41. The Balaban J connectivity index is 1.40. The van der Waals surface area contributed by atoms with Crippen molar-refractivity contribution < 1.29 is 9.32 Å². The van der Waals surface area contributed by atoms with Crippen LogP contribution in [0.25, 0.3) is 21.7 Å². The summed E-state index contributed by atoms with van der Waals surface area (Å²) in [6.07, 6.45) is 8.83. The Morgan fingerprint density at radius 2 is 1.97 bits per heavy atom. The molecule has 0 spiro atoms. The number of aromatic nitrogens is 2. The number of hydrogen-bond acceptors (Lipinski definition) is 6. The SMILES string of the molecule is C[C@H]1CCCCN1C(=O)c1cnc(-c2noc3cc(N4CCCCC4)ccc23)s1. The van der Waals surface area contributed by atoms with Crippen LogP contribution in [0, 0.1) is 0 Å². The molecule has 29 heavy (non-hydrogen) atoms. The van der Waals surface area contributed by atoms with Gasteiger partial charge in [-0.05, 0) is 57.6 Å². The van der Waals surface area contributed by atoms with Crippen LogP contribution in [-0.4, -0.2) is 46.6 Å². The van der Waals surface area contributed by atoms with Gasteiger partial charge in [-0.3, -0.25) is 4.79 Å². The van der Waals surface area contributed by atoms with E-state index in [0.29, 0.717) is 10.9 Å². The molecule has 3 aromatic rings. The lowest BCUT2D eigenvalue weighted by atomic mass is 10.0. The molecule has 0 bridgehead atoms. The molecule has 1 aromatic carbocycles. The molecule has 5 rings (SSSR count). The third-order valence-corrected chi connectivity index (χ3v) is 7.15. The number of hydrogen-bond donors (Lipinski definition) is 0. The minimum atomic E-state index is 0.0844. The zero-order valence-corrected chi connectivity index (χ0v) is 17.6. The lowest BCUT2D eigenvalue weighted by molar-refractivity contribution is 0.0640. The number of rotatable bonds is 3. The molecule has 7 heteroatoms. The number of likely N-dealkylation sites (tertiary alicyclic amines) is 1. The van der Waals surface area contributed by atoms with Crippen LogP contribution < -0.4 is 4.90 Å². The highest BCUT2D eigenvalue weighted by atomic mass is 32.1. The Bertz CT molecular complexity index is 1020. The van der Waals surface area contributed by atoms with E-state index in [1.165, 1.54) is 42.7 Å². The summed E-state index contributed by atoms with van der Waals surface area (Å²) in [5.74, 6) is 0.0844. The molecule has 2 aliphatic heterocycles. The third kappa shape index (κ3) is 3.52. The monoisotopic (exact) mass is 410 g/mol. The van der Waals surface area contributed by atoms with E-state index in [4.69, 9.17) is 4.52 Å². The third-order valence-electron chi connectivity index (χ3n) is 6.16. The van der Waals surface area contributed by atoms with E-state index >= 15 is 0 Å². The predicted octanol–water partition coefficient (Wildman–Crippen LogP) is 4.96. The first kappa shape index (κ1) is 18.6. The number of anilines is 1. The Morgan fingerprint density at radius 1 is 1.14 bits per heavy atom. The summed E-state index contributed by atoms with van der Waals surface area (Å²) in [4.78, 5) is 22.5. The van der Waals surface area contributed by atoms with E-state index < -0.39 is 0 Å². The number of fused-ring (bicyclic) bond motifs is 1. The molecule has 4 heterocycles. The molecule has 1 amide bonds. The van der Waals surface area contributed by atoms with Crippen molar-refractivity contribution >= 4 is 33.9 Å². The van der Waals surface area contributed by atoms with E-state index in [1.54, 1.807) is 6.20 Å². The van der Waals surface area contributed by atoms with Gasteiger partial charge >= 0.3 is 0 Å². The first-order chi connectivity index (χ1) is 14.2. The van der Waals surface area contributed by atoms with Crippen LogP contribution in [0.3, 0.4) is 0 Å². The van der Waals surface area contributed by atoms with Crippen LogP contribution in [0.2, 0.25) is 0 Å². The molecule has 0 saturated carbocycles. The van der Waals surface area contributed by atoms with Crippen molar-refractivity contribution in [3.63, 3.8) is 0 Å². The van der Waals surface area contributed by atoms with Gasteiger partial charge in [0.25, 0.3) is 5.91 Å². The quantitative estimate of drug-likeness (QED) is 0.611. The molecule has 6 nitrogen and oxygen atoms in total. The number of benzene rings is 1. The second-order valence-electron chi connectivity index (χ2n) is 8.13. The first-order valence-electron chi connectivity index (χ1n) is 10.6. The Labute approximate surface area is 174 Å². The van der Waals surface area contributed by atoms with Gasteiger partial charge in [0.1, 0.15) is 15.6 Å². The molecule has 2 saturated heterocycles. The number of amides is 1. The highest BCUT2D eigenvalue weighted by Gasteiger charge is 2.26. The maximum Gasteiger partial charge on any atom is 0.265 e. The van der Waals surface area contributed by atoms with Gasteiger partial charge < -0.3 is 14.3 Å². The molecule has 0 unspecified atom stereocenters. The van der Waals surface area contributed by atoms with Gasteiger partial charge in [-0.15, -0.1) is 11.3 Å². The minimum absolute atomic E-state index is 0.0844. The van der Waals surface area contributed by atoms with Gasteiger partial charge in [0.15, 0.2) is 5.58 Å². The van der Waals surface area contributed by atoms with Crippen LogP contribution in [-0.2, 0) is 0 Å². The molecular weight excluding hydrogens is 384 g/mol. The van der Waals surface area contributed by atoms with Gasteiger partial charge in [-0.25, -0.2) is 4.98 Å². The summed E-state index contributed by atoms with van der Waals surface area (Å²) < 4.78 is 5.63. The number of thiazole rings is 1. The van der Waals surface area contributed by atoms with Crippen LogP contribution in [0.5, 0.6) is 0 Å². The number of carbonyl (C=O) groups excluding carboxylic acids is 1. The molecule has 0 radical (unpaired) electrons. The second kappa shape index (κ2) is 7.78. The fourth-order valence-electron chi connectivity index (χ4n) is 4.45. The molecule has 0 aliphatic carbocycles. The summed E-state index contributed by atoms with van der Waals surface area (Å²) in [6.45, 7) is 5.15. The second-order valence-corrected chi connectivity index (χ2v) is 9.16. The van der Waals surface area contributed by atoms with Gasteiger partial charge in [0.05, 0.1) is 11.6 Å². The summed E-state index contributed by atoms with van der Waals surface area (Å²) in [7, 11) is 0. The average molecular weight is 411 g/mol. The summed E-state index contributed by atoms with van der Waals surface area (Å²) in [5.41, 5.74) is 2.69. The predicted molar refractivity (Wildman–Crippen MR) is 116 cm³/mol. The molecule has 0 N–H and O–H groups in total. The van der Waals surface area contributed by atoms with Crippen molar-refractivity contribution in [2.45, 2.75) is 51.5 Å². The van der Waals surface area contributed by atoms with Gasteiger partial charge in [-0.1, -0.05) is 5.16 Å². The molecule has 152 valence electrons. The maximum atomic E-state index is 12.9. The van der Waals surface area contributed by atoms with Gasteiger partial charge in [-0.2, -0.15) is 0 Å². The number of carbonyl (C=O) groups is 1. The van der Waals surface area contributed by atoms with Crippen LogP contribution >= 0.6 is 11.3 Å². The van der Waals surface area contributed by atoms with Crippen LogP contribution in [0.4, 0.5) is 5.69 Å². The van der Waals surface area contributed by atoms with Gasteiger partial charge in [0.2, 0.25) is 0 Å². The molecule has 2 fully saturated rings. The lowest BCUT2D eigenvalue weighted by Gasteiger charge is -2.32. The van der Waals surface area contributed by atoms with Crippen LogP contribution in [0.15, 0.2) is 28.9 Å². The number of nitrogens with zero attached hydrogens (tertiary/aromatic N) is 4. The van der Waals surface area contributed by atoms with Crippen molar-refractivity contribution in [2.75, 3.05) is 24.5 Å². The zero-order valence-electron chi connectivity index (χ0n) is 16.8. The van der Waals surface area contributed by atoms with Crippen molar-refractivity contribution in [1.29, 1.82) is 0 Å². The first-order valence-corrected chi connectivity index (χ1v) is 11.4. The highest BCUT2D eigenvalue weighted by Crippen LogP contribution is 2.34. The fraction of sp³-hybridized carbons (Fsp3) is 0.500. The number of piperidine rings is 2. The topological polar surface area (TPSA) is 62.5 Å². The standard InChI is InChI=1S/C22H26N4O2S/c1-15-7-3-6-12-26(15)22(27)19-14-23-21(29-19)20-17-9-8-16(13-18(17)28-24-20)25-10-4-2-5-11-25/h8-9,13-15H,2-7,10-12H2,1H3/t15-/m0/s1. The van der Waals surface area contributed by atoms with Crippen molar-refractivity contribution in [2.24, 2.45) is 0 Å².